The highest BCUT2D eigenvalue weighted by atomic mass is 15.1. The van der Waals surface area contributed by atoms with Crippen LogP contribution in [-0.4, -0.2) is 24.5 Å². The maximum Gasteiger partial charge on any atom is 0.00921 e. The predicted octanol–water partition coefficient (Wildman–Crippen LogP) is 2.13. The van der Waals surface area contributed by atoms with Gasteiger partial charge < -0.3 is 4.90 Å². The van der Waals surface area contributed by atoms with Crippen LogP contribution >= 0.6 is 0 Å². The normalized spacial score (nSPS) is 36.3. The zero-order valence-electron chi connectivity index (χ0n) is 7.43. The molecule has 1 rings (SSSR count). The van der Waals surface area contributed by atoms with E-state index in [2.05, 4.69) is 25.8 Å². The molecule has 2 atom stereocenters. The summed E-state index contributed by atoms with van der Waals surface area (Å²) in [6, 6.07) is 0.865. The summed E-state index contributed by atoms with van der Waals surface area (Å²) < 4.78 is 0. The van der Waals surface area contributed by atoms with Crippen LogP contribution in [0.2, 0.25) is 0 Å². The minimum Gasteiger partial charge on any atom is -0.303 e. The van der Waals surface area contributed by atoms with Crippen LogP contribution in [0.5, 0.6) is 0 Å². The molecule has 10 heavy (non-hydrogen) atoms. The Balaban J connectivity index is 2.38. The molecule has 1 aliphatic rings. The lowest BCUT2D eigenvalue weighted by Crippen LogP contribution is -2.38. The Morgan fingerprint density at radius 2 is 2.20 bits per heavy atom. The summed E-state index contributed by atoms with van der Waals surface area (Å²) in [6.07, 6.45) is 4.13. The van der Waals surface area contributed by atoms with Gasteiger partial charge in [0.05, 0.1) is 0 Å². The van der Waals surface area contributed by atoms with Crippen LogP contribution in [0.15, 0.2) is 0 Å². The Morgan fingerprint density at radius 3 is 2.70 bits per heavy atom. The molecule has 1 nitrogen and oxygen atoms in total. The zero-order chi connectivity index (χ0) is 7.56. The van der Waals surface area contributed by atoms with E-state index in [0.29, 0.717) is 0 Å². The van der Waals surface area contributed by atoms with Crippen LogP contribution in [0.3, 0.4) is 0 Å². The number of rotatable bonds is 1. The first-order valence-electron chi connectivity index (χ1n) is 4.44. The van der Waals surface area contributed by atoms with Gasteiger partial charge in [0.15, 0.2) is 0 Å². The van der Waals surface area contributed by atoms with Gasteiger partial charge in [-0.15, -0.1) is 0 Å². The predicted molar refractivity (Wildman–Crippen MR) is 45.1 cm³/mol. The summed E-state index contributed by atoms with van der Waals surface area (Å²) in [7, 11) is 2.25. The Morgan fingerprint density at radius 1 is 1.50 bits per heavy atom. The molecule has 0 amide bonds. The molecule has 0 unspecified atom stereocenters. The van der Waals surface area contributed by atoms with Crippen LogP contribution in [0.25, 0.3) is 0 Å². The van der Waals surface area contributed by atoms with E-state index in [1.165, 1.54) is 25.8 Å². The van der Waals surface area contributed by atoms with Gasteiger partial charge in [0.25, 0.3) is 0 Å². The Labute approximate surface area is 64.4 Å². The van der Waals surface area contributed by atoms with Crippen molar-refractivity contribution >= 4 is 0 Å². The van der Waals surface area contributed by atoms with E-state index in [0.717, 1.165) is 12.0 Å². The minimum atomic E-state index is 0.865. The molecule has 60 valence electrons. The lowest BCUT2D eigenvalue weighted by molar-refractivity contribution is 0.145. The summed E-state index contributed by atoms with van der Waals surface area (Å²) in [6.45, 7) is 5.97. The van der Waals surface area contributed by atoms with E-state index in [1.807, 2.05) is 0 Å². The van der Waals surface area contributed by atoms with E-state index in [-0.39, 0.29) is 0 Å². The third-order valence-electron chi connectivity index (χ3n) is 2.74. The SMILES string of the molecule is CC[C@H]1C[C@@H](C)CCN1C. The second-order valence-corrected chi connectivity index (χ2v) is 3.67. The standard InChI is InChI=1S/C9H19N/c1-4-9-7-8(2)5-6-10(9)3/h8-9H,4-7H2,1-3H3/t8-,9-/m0/s1. The third kappa shape index (κ3) is 1.72. The van der Waals surface area contributed by atoms with Gasteiger partial charge in [0.2, 0.25) is 0 Å². The molecule has 1 aliphatic heterocycles. The lowest BCUT2D eigenvalue weighted by Gasteiger charge is -2.35. The number of likely N-dealkylation sites (tertiary alicyclic amines) is 1. The van der Waals surface area contributed by atoms with Crippen molar-refractivity contribution < 1.29 is 0 Å². The molecule has 1 fully saturated rings. The van der Waals surface area contributed by atoms with Crippen molar-refractivity contribution in [1.29, 1.82) is 0 Å². The van der Waals surface area contributed by atoms with Gasteiger partial charge in [-0.1, -0.05) is 13.8 Å². The van der Waals surface area contributed by atoms with Crippen molar-refractivity contribution in [3.8, 4) is 0 Å². The highest BCUT2D eigenvalue weighted by Gasteiger charge is 2.21. The number of piperidine rings is 1. The molecule has 0 bridgehead atoms. The van der Waals surface area contributed by atoms with Gasteiger partial charge in [0.1, 0.15) is 0 Å². The summed E-state index contributed by atoms with van der Waals surface area (Å²) in [5, 5.41) is 0. The molecule has 0 radical (unpaired) electrons. The molecule has 1 saturated heterocycles. The molecule has 0 aliphatic carbocycles. The molecule has 1 heterocycles. The van der Waals surface area contributed by atoms with Crippen molar-refractivity contribution in [3.05, 3.63) is 0 Å². The highest BCUT2D eigenvalue weighted by molar-refractivity contribution is 4.76. The molecule has 0 spiro atoms. The average molecular weight is 141 g/mol. The maximum absolute atomic E-state index is 2.50. The van der Waals surface area contributed by atoms with E-state index in [4.69, 9.17) is 0 Å². The number of nitrogens with zero attached hydrogens (tertiary/aromatic N) is 1. The molecular weight excluding hydrogens is 122 g/mol. The average Bonchev–Trinajstić information content (AvgIpc) is 1.94. The van der Waals surface area contributed by atoms with E-state index >= 15 is 0 Å². The van der Waals surface area contributed by atoms with Crippen molar-refractivity contribution in [2.75, 3.05) is 13.6 Å². The summed E-state index contributed by atoms with van der Waals surface area (Å²) >= 11 is 0. The molecule has 0 N–H and O–H groups in total. The summed E-state index contributed by atoms with van der Waals surface area (Å²) in [5.41, 5.74) is 0. The minimum absolute atomic E-state index is 0.865. The van der Waals surface area contributed by atoms with Gasteiger partial charge in [-0.2, -0.15) is 0 Å². The van der Waals surface area contributed by atoms with Crippen LogP contribution in [0, 0.1) is 5.92 Å². The quantitative estimate of drug-likeness (QED) is 0.540. The van der Waals surface area contributed by atoms with Crippen molar-refractivity contribution in [1.82, 2.24) is 4.90 Å². The van der Waals surface area contributed by atoms with Crippen molar-refractivity contribution in [2.24, 2.45) is 5.92 Å². The largest absolute Gasteiger partial charge is 0.303 e. The van der Waals surface area contributed by atoms with Crippen molar-refractivity contribution in [2.45, 2.75) is 39.2 Å². The second kappa shape index (κ2) is 3.38. The number of hydrogen-bond acceptors (Lipinski definition) is 1. The van der Waals surface area contributed by atoms with Gasteiger partial charge in [0, 0.05) is 6.04 Å². The van der Waals surface area contributed by atoms with E-state index in [9.17, 15) is 0 Å². The molecule has 0 aromatic rings. The fourth-order valence-corrected chi connectivity index (χ4v) is 1.85. The fraction of sp³-hybridized carbons (Fsp3) is 1.00. The van der Waals surface area contributed by atoms with Gasteiger partial charge in [-0.25, -0.2) is 0 Å². The van der Waals surface area contributed by atoms with Crippen LogP contribution in [0.1, 0.15) is 33.1 Å². The van der Waals surface area contributed by atoms with Crippen LogP contribution in [-0.2, 0) is 0 Å². The third-order valence-corrected chi connectivity index (χ3v) is 2.74. The van der Waals surface area contributed by atoms with Crippen LogP contribution in [0.4, 0.5) is 0 Å². The molecule has 0 aromatic heterocycles. The number of hydrogen-bond donors (Lipinski definition) is 0. The molecule has 0 aromatic carbocycles. The Kier molecular flexibility index (Phi) is 2.72. The smallest absolute Gasteiger partial charge is 0.00921 e. The van der Waals surface area contributed by atoms with Crippen molar-refractivity contribution in [3.63, 3.8) is 0 Å². The van der Waals surface area contributed by atoms with Crippen LogP contribution < -0.4 is 0 Å². The lowest BCUT2D eigenvalue weighted by atomic mass is 9.92. The first-order chi connectivity index (χ1) is 4.74. The molecular formula is C9H19N. The molecule has 0 saturated carbocycles. The van der Waals surface area contributed by atoms with Gasteiger partial charge >= 0.3 is 0 Å². The van der Waals surface area contributed by atoms with E-state index in [1.54, 1.807) is 0 Å². The first-order valence-corrected chi connectivity index (χ1v) is 4.44. The fourth-order valence-electron chi connectivity index (χ4n) is 1.85. The zero-order valence-corrected chi connectivity index (χ0v) is 7.43. The van der Waals surface area contributed by atoms with E-state index < -0.39 is 0 Å². The summed E-state index contributed by atoms with van der Waals surface area (Å²) in [4.78, 5) is 2.50. The first kappa shape index (κ1) is 8.06. The second-order valence-electron chi connectivity index (χ2n) is 3.67. The van der Waals surface area contributed by atoms with Gasteiger partial charge in [-0.3, -0.25) is 0 Å². The topological polar surface area (TPSA) is 3.24 Å². The molecule has 1 heteroatoms. The monoisotopic (exact) mass is 141 g/mol. The summed E-state index contributed by atoms with van der Waals surface area (Å²) in [5.74, 6) is 0.959. The Hall–Kier alpha value is -0.0400. The Bertz CT molecular complexity index is 101. The highest BCUT2D eigenvalue weighted by Crippen LogP contribution is 2.22. The van der Waals surface area contributed by atoms with Gasteiger partial charge in [-0.05, 0) is 38.8 Å². The maximum atomic E-state index is 2.50.